The summed E-state index contributed by atoms with van der Waals surface area (Å²) in [6.45, 7) is 1.03. The Labute approximate surface area is 162 Å². The second-order valence-corrected chi connectivity index (χ2v) is 7.21. The summed E-state index contributed by atoms with van der Waals surface area (Å²) >= 11 is 0. The Morgan fingerprint density at radius 2 is 1.54 bits per heavy atom. The average Bonchev–Trinajstić information content (AvgIpc) is 3.11. The van der Waals surface area contributed by atoms with Crippen molar-refractivity contribution in [2.45, 2.75) is 19.4 Å². The van der Waals surface area contributed by atoms with E-state index in [1.54, 1.807) is 0 Å². The molecule has 0 aliphatic carbocycles. The molecule has 0 N–H and O–H groups in total. The van der Waals surface area contributed by atoms with Crippen LogP contribution in [-0.2, 0) is 13.0 Å². The van der Waals surface area contributed by atoms with Crippen LogP contribution >= 0.6 is 0 Å². The van der Waals surface area contributed by atoms with Gasteiger partial charge in [0.15, 0.2) is 0 Å². The van der Waals surface area contributed by atoms with Crippen molar-refractivity contribution in [3.8, 4) is 22.6 Å². The number of hydrogen-bond acceptors (Lipinski definition) is 3. The molecule has 4 aromatic heterocycles. The fraction of sp³-hybridized carbons (Fsp3) is 0.125. The van der Waals surface area contributed by atoms with Crippen molar-refractivity contribution in [2.24, 2.45) is 0 Å². The summed E-state index contributed by atoms with van der Waals surface area (Å²) in [5.41, 5.74) is 7.53. The van der Waals surface area contributed by atoms with Gasteiger partial charge in [-0.25, -0.2) is 4.98 Å². The molecule has 6 rings (SSSR count). The summed E-state index contributed by atoms with van der Waals surface area (Å²) in [6, 6.07) is 20.7. The Kier molecular flexibility index (Phi) is 3.32. The highest BCUT2D eigenvalue weighted by molar-refractivity contribution is 6.17. The van der Waals surface area contributed by atoms with Crippen LogP contribution in [0.1, 0.15) is 12.1 Å². The van der Waals surface area contributed by atoms with E-state index >= 15 is 0 Å². The molecule has 0 saturated carbocycles. The summed E-state index contributed by atoms with van der Waals surface area (Å²) < 4.78 is 2.44. The van der Waals surface area contributed by atoms with Crippen molar-refractivity contribution in [2.75, 3.05) is 0 Å². The molecular formula is C24H18N4. The Morgan fingerprint density at radius 1 is 0.786 bits per heavy atom. The maximum Gasteiger partial charge on any atom is 0.0991 e. The number of nitrogens with zero attached hydrogens (tertiary/aromatic N) is 4. The standard InChI is InChI=1S/C24H18N4/c1-2-12-20-16(8-1)21-22(17-9-3-5-13-25-17)23(18-10-4-6-14-26-18)27-19-11-7-15-28(20)24(19)21/h1-6,8-10,12-14H,7,11,15H2. The lowest BCUT2D eigenvalue weighted by molar-refractivity contribution is 0.641. The Hall–Kier alpha value is -3.53. The van der Waals surface area contributed by atoms with Crippen LogP contribution in [0.15, 0.2) is 73.1 Å². The lowest BCUT2D eigenvalue weighted by Gasteiger charge is -2.19. The second kappa shape index (κ2) is 5.99. The number of aryl methyl sites for hydroxylation is 2. The lowest BCUT2D eigenvalue weighted by Crippen LogP contribution is -2.10. The Balaban J connectivity index is 1.86. The summed E-state index contributed by atoms with van der Waals surface area (Å²) in [5, 5.41) is 2.51. The molecule has 5 aromatic rings. The van der Waals surface area contributed by atoms with Crippen LogP contribution in [0, 0.1) is 0 Å². The van der Waals surface area contributed by atoms with E-state index in [4.69, 9.17) is 9.97 Å². The fourth-order valence-corrected chi connectivity index (χ4v) is 4.48. The number of hydrogen-bond donors (Lipinski definition) is 0. The van der Waals surface area contributed by atoms with E-state index in [9.17, 15) is 0 Å². The van der Waals surface area contributed by atoms with Crippen LogP contribution in [0.5, 0.6) is 0 Å². The largest absolute Gasteiger partial charge is 0.339 e. The maximum absolute atomic E-state index is 5.15. The molecule has 4 heteroatoms. The topological polar surface area (TPSA) is 43.6 Å². The minimum Gasteiger partial charge on any atom is -0.339 e. The number of aromatic nitrogens is 4. The van der Waals surface area contributed by atoms with Gasteiger partial charge in [-0.3, -0.25) is 9.97 Å². The van der Waals surface area contributed by atoms with E-state index < -0.39 is 0 Å². The van der Waals surface area contributed by atoms with Gasteiger partial charge in [0, 0.05) is 40.8 Å². The third-order valence-corrected chi connectivity index (χ3v) is 5.60. The van der Waals surface area contributed by atoms with Gasteiger partial charge >= 0.3 is 0 Å². The van der Waals surface area contributed by atoms with Gasteiger partial charge in [0.1, 0.15) is 0 Å². The van der Waals surface area contributed by atoms with Crippen LogP contribution in [0.3, 0.4) is 0 Å². The van der Waals surface area contributed by atoms with Gasteiger partial charge in [-0.2, -0.15) is 0 Å². The van der Waals surface area contributed by atoms with Crippen molar-refractivity contribution < 1.29 is 0 Å². The van der Waals surface area contributed by atoms with Gasteiger partial charge in [0.05, 0.1) is 28.3 Å². The van der Waals surface area contributed by atoms with E-state index in [0.717, 1.165) is 47.7 Å². The molecule has 0 amide bonds. The Bertz CT molecular complexity index is 1320. The molecule has 0 bridgehead atoms. The first kappa shape index (κ1) is 15.5. The highest BCUT2D eigenvalue weighted by Crippen LogP contribution is 2.43. The monoisotopic (exact) mass is 362 g/mol. The van der Waals surface area contributed by atoms with Crippen molar-refractivity contribution in [1.82, 2.24) is 19.5 Å². The molecule has 0 radical (unpaired) electrons. The summed E-state index contributed by atoms with van der Waals surface area (Å²) in [7, 11) is 0. The number of benzene rings is 1. The first-order chi connectivity index (χ1) is 13.9. The molecule has 1 aromatic carbocycles. The van der Waals surface area contributed by atoms with Crippen molar-refractivity contribution >= 4 is 21.8 Å². The highest BCUT2D eigenvalue weighted by atomic mass is 15.0. The zero-order valence-corrected chi connectivity index (χ0v) is 15.3. The van der Waals surface area contributed by atoms with E-state index in [1.165, 1.54) is 21.8 Å². The molecule has 4 nitrogen and oxygen atoms in total. The lowest BCUT2D eigenvalue weighted by atomic mass is 9.97. The quantitative estimate of drug-likeness (QED) is 0.430. The predicted molar refractivity (Wildman–Crippen MR) is 112 cm³/mol. The predicted octanol–water partition coefficient (Wildman–Crippen LogP) is 5.26. The van der Waals surface area contributed by atoms with Gasteiger partial charge in [-0.1, -0.05) is 30.3 Å². The molecule has 0 saturated heterocycles. The minimum absolute atomic E-state index is 0.892. The maximum atomic E-state index is 5.15. The van der Waals surface area contributed by atoms with Gasteiger partial charge in [0.25, 0.3) is 0 Å². The normalized spacial score (nSPS) is 13.3. The van der Waals surface area contributed by atoms with Crippen LogP contribution in [0.2, 0.25) is 0 Å². The van der Waals surface area contributed by atoms with E-state index in [2.05, 4.69) is 39.9 Å². The zero-order valence-electron chi connectivity index (χ0n) is 15.3. The molecule has 0 atom stereocenters. The number of para-hydroxylation sites is 1. The van der Waals surface area contributed by atoms with Crippen LogP contribution in [0.4, 0.5) is 0 Å². The van der Waals surface area contributed by atoms with E-state index in [0.29, 0.717) is 0 Å². The summed E-state index contributed by atoms with van der Waals surface area (Å²) in [6.07, 6.45) is 5.79. The second-order valence-electron chi connectivity index (χ2n) is 7.21. The van der Waals surface area contributed by atoms with E-state index in [-0.39, 0.29) is 0 Å². The molecule has 0 spiro atoms. The first-order valence-electron chi connectivity index (χ1n) is 9.68. The molecular weight excluding hydrogens is 344 g/mol. The number of pyridine rings is 3. The molecule has 5 heterocycles. The highest BCUT2D eigenvalue weighted by Gasteiger charge is 2.25. The molecule has 0 fully saturated rings. The van der Waals surface area contributed by atoms with Gasteiger partial charge < -0.3 is 4.57 Å². The molecule has 1 aliphatic heterocycles. The molecule has 28 heavy (non-hydrogen) atoms. The third kappa shape index (κ3) is 2.15. The van der Waals surface area contributed by atoms with Crippen LogP contribution < -0.4 is 0 Å². The summed E-state index contributed by atoms with van der Waals surface area (Å²) in [5.74, 6) is 0. The van der Waals surface area contributed by atoms with E-state index in [1.807, 2.05) is 42.7 Å². The Morgan fingerprint density at radius 3 is 2.32 bits per heavy atom. The van der Waals surface area contributed by atoms with Crippen molar-refractivity contribution in [3.05, 3.63) is 78.8 Å². The van der Waals surface area contributed by atoms with Crippen molar-refractivity contribution in [3.63, 3.8) is 0 Å². The van der Waals surface area contributed by atoms with Gasteiger partial charge in [-0.05, 0) is 43.2 Å². The van der Waals surface area contributed by atoms with Gasteiger partial charge in [0.2, 0.25) is 0 Å². The zero-order chi connectivity index (χ0) is 18.5. The fourth-order valence-electron chi connectivity index (χ4n) is 4.48. The number of fused-ring (bicyclic) bond motifs is 3. The third-order valence-electron chi connectivity index (χ3n) is 5.60. The smallest absolute Gasteiger partial charge is 0.0991 e. The van der Waals surface area contributed by atoms with Crippen LogP contribution in [0.25, 0.3) is 44.5 Å². The molecule has 0 unspecified atom stereocenters. The minimum atomic E-state index is 0.892. The first-order valence-corrected chi connectivity index (χ1v) is 9.68. The number of rotatable bonds is 2. The molecule has 1 aliphatic rings. The SMILES string of the molecule is c1ccc(-c2nc3c4c(c2-c2ccccn2)c2ccccc2n4CCC3)nc1. The summed E-state index contributed by atoms with van der Waals surface area (Å²) in [4.78, 5) is 14.5. The molecule has 134 valence electrons. The van der Waals surface area contributed by atoms with Gasteiger partial charge in [-0.15, -0.1) is 0 Å². The average molecular weight is 362 g/mol. The van der Waals surface area contributed by atoms with Crippen LogP contribution in [-0.4, -0.2) is 19.5 Å². The van der Waals surface area contributed by atoms with Crippen molar-refractivity contribution in [1.29, 1.82) is 0 Å².